The highest BCUT2D eigenvalue weighted by atomic mass is 32.3. The summed E-state index contributed by atoms with van der Waals surface area (Å²) in [5.41, 5.74) is 1.36. The van der Waals surface area contributed by atoms with Gasteiger partial charge in [-0.3, -0.25) is 9.82 Å². The first kappa shape index (κ1) is 13.0. The van der Waals surface area contributed by atoms with Crippen LogP contribution in [-0.2, 0) is 19.9 Å². The lowest BCUT2D eigenvalue weighted by Crippen LogP contribution is -2.22. The normalized spacial score (nSPS) is 12.7. The molecular formula is C7H13N3O4S2. The Kier molecular flexibility index (Phi) is 3.29. The summed E-state index contributed by atoms with van der Waals surface area (Å²) < 4.78 is 46.7. The quantitative estimate of drug-likeness (QED) is 0.783. The molecule has 1 rings (SSSR count). The van der Waals surface area contributed by atoms with Gasteiger partial charge in [0, 0.05) is 17.5 Å². The van der Waals surface area contributed by atoms with Crippen molar-refractivity contribution < 1.29 is 16.8 Å². The maximum absolute atomic E-state index is 11.4. The maximum Gasteiger partial charge on any atom is 0.248 e. The molecule has 2 N–H and O–H groups in total. The molecule has 0 saturated carbocycles. The smallest absolute Gasteiger partial charge is 0.248 e. The number of nitrogens with zero attached hydrogens (tertiary/aromatic N) is 1. The largest absolute Gasteiger partial charge is 0.280 e. The van der Waals surface area contributed by atoms with Crippen molar-refractivity contribution in [1.29, 1.82) is 0 Å². The molecule has 0 fully saturated rings. The zero-order valence-corrected chi connectivity index (χ0v) is 10.7. The number of sulfone groups is 1. The lowest BCUT2D eigenvalue weighted by Gasteiger charge is -2.04. The van der Waals surface area contributed by atoms with Crippen LogP contribution in [0.25, 0.3) is 0 Å². The zero-order valence-electron chi connectivity index (χ0n) is 9.10. The van der Waals surface area contributed by atoms with Crippen molar-refractivity contribution in [3.8, 4) is 0 Å². The summed E-state index contributed by atoms with van der Waals surface area (Å²) in [6.07, 6.45) is 0.856. The molecule has 0 aromatic carbocycles. The van der Waals surface area contributed by atoms with Crippen molar-refractivity contribution in [3.05, 3.63) is 11.3 Å². The van der Waals surface area contributed by atoms with Gasteiger partial charge >= 0.3 is 0 Å². The van der Waals surface area contributed by atoms with E-state index in [4.69, 9.17) is 0 Å². The molecule has 0 radical (unpaired) electrons. The molecule has 0 aliphatic heterocycles. The highest BCUT2D eigenvalue weighted by Gasteiger charge is 2.20. The highest BCUT2D eigenvalue weighted by Crippen LogP contribution is 2.15. The SMILES string of the molecule is Cc1[nH]nc(NS(=O)(=O)CS(C)(=O)=O)c1C. The van der Waals surface area contributed by atoms with Crippen LogP contribution in [-0.4, -0.2) is 38.4 Å². The molecule has 0 aliphatic carbocycles. The Morgan fingerprint density at radius 1 is 1.25 bits per heavy atom. The van der Waals surface area contributed by atoms with Gasteiger partial charge in [-0.15, -0.1) is 0 Å². The Labute approximate surface area is 94.2 Å². The third-order valence-electron chi connectivity index (χ3n) is 1.87. The number of hydrogen-bond donors (Lipinski definition) is 2. The summed E-state index contributed by atoms with van der Waals surface area (Å²) in [7, 11) is -7.52. The van der Waals surface area contributed by atoms with Crippen LogP contribution in [0.4, 0.5) is 5.82 Å². The number of nitrogens with one attached hydrogen (secondary N) is 2. The number of aryl methyl sites for hydroxylation is 1. The van der Waals surface area contributed by atoms with E-state index >= 15 is 0 Å². The molecule has 1 aromatic rings. The number of aromatic nitrogens is 2. The van der Waals surface area contributed by atoms with Crippen molar-refractivity contribution in [2.45, 2.75) is 13.8 Å². The van der Waals surface area contributed by atoms with Crippen LogP contribution in [0, 0.1) is 13.8 Å². The van der Waals surface area contributed by atoms with Crippen LogP contribution in [0.3, 0.4) is 0 Å². The summed E-state index contributed by atoms with van der Waals surface area (Å²) in [5.74, 6) is 0.126. The molecule has 0 aliphatic rings. The topological polar surface area (TPSA) is 109 Å². The van der Waals surface area contributed by atoms with Crippen molar-refractivity contribution >= 4 is 25.7 Å². The van der Waals surface area contributed by atoms with Crippen LogP contribution in [0.5, 0.6) is 0 Å². The zero-order chi connectivity index (χ0) is 12.6. The van der Waals surface area contributed by atoms with Crippen molar-refractivity contribution in [3.63, 3.8) is 0 Å². The van der Waals surface area contributed by atoms with Gasteiger partial charge in [0.15, 0.2) is 20.7 Å². The molecule has 9 heteroatoms. The minimum Gasteiger partial charge on any atom is -0.280 e. The lowest BCUT2D eigenvalue weighted by atomic mass is 10.3. The maximum atomic E-state index is 11.4. The van der Waals surface area contributed by atoms with Crippen molar-refractivity contribution in [2.75, 3.05) is 16.1 Å². The van der Waals surface area contributed by atoms with Gasteiger partial charge in [0.1, 0.15) is 0 Å². The molecule has 1 heterocycles. The van der Waals surface area contributed by atoms with E-state index in [1.807, 2.05) is 0 Å². The van der Waals surface area contributed by atoms with Gasteiger partial charge in [-0.05, 0) is 13.8 Å². The molecule has 0 bridgehead atoms. The van der Waals surface area contributed by atoms with Gasteiger partial charge in [-0.25, -0.2) is 16.8 Å². The lowest BCUT2D eigenvalue weighted by molar-refractivity contribution is 0.594. The number of sulfonamides is 1. The van der Waals surface area contributed by atoms with Crippen molar-refractivity contribution in [2.24, 2.45) is 0 Å². The van der Waals surface area contributed by atoms with E-state index in [-0.39, 0.29) is 5.82 Å². The molecule has 0 atom stereocenters. The Bertz CT molecular complexity index is 585. The minimum absolute atomic E-state index is 0.126. The molecule has 92 valence electrons. The van der Waals surface area contributed by atoms with Crippen molar-refractivity contribution in [1.82, 2.24) is 10.2 Å². The summed E-state index contributed by atoms with van der Waals surface area (Å²) in [4.78, 5) is 0. The van der Waals surface area contributed by atoms with E-state index in [0.29, 0.717) is 5.56 Å². The first-order valence-corrected chi connectivity index (χ1v) is 8.02. The van der Waals surface area contributed by atoms with Crippen LogP contribution >= 0.6 is 0 Å². The fourth-order valence-electron chi connectivity index (χ4n) is 1.04. The molecule has 1 aromatic heterocycles. The molecule has 0 saturated heterocycles. The average molecular weight is 267 g/mol. The fraction of sp³-hybridized carbons (Fsp3) is 0.571. The van der Waals surface area contributed by atoms with E-state index in [0.717, 1.165) is 11.9 Å². The second-order valence-corrected chi connectivity index (χ2v) is 7.81. The average Bonchev–Trinajstić information content (AvgIpc) is 2.30. The first-order chi connectivity index (χ1) is 7.11. The first-order valence-electron chi connectivity index (χ1n) is 4.30. The van der Waals surface area contributed by atoms with E-state index in [1.54, 1.807) is 13.8 Å². The van der Waals surface area contributed by atoms with Gasteiger partial charge < -0.3 is 0 Å². The number of rotatable bonds is 4. The fourth-order valence-corrected chi connectivity index (χ4v) is 4.03. The van der Waals surface area contributed by atoms with Gasteiger partial charge in [0.2, 0.25) is 10.0 Å². The molecule has 0 amide bonds. The minimum atomic E-state index is -3.92. The molecule has 16 heavy (non-hydrogen) atoms. The van der Waals surface area contributed by atoms with Gasteiger partial charge in [0.05, 0.1) is 0 Å². The second kappa shape index (κ2) is 4.06. The van der Waals surface area contributed by atoms with Crippen LogP contribution in [0.15, 0.2) is 0 Å². The molecule has 0 spiro atoms. The van der Waals surface area contributed by atoms with E-state index in [9.17, 15) is 16.8 Å². The summed E-state index contributed by atoms with van der Waals surface area (Å²) >= 11 is 0. The third-order valence-corrected chi connectivity index (χ3v) is 5.33. The Morgan fingerprint density at radius 3 is 2.19 bits per heavy atom. The van der Waals surface area contributed by atoms with E-state index in [1.165, 1.54) is 0 Å². The number of aromatic amines is 1. The predicted molar refractivity (Wildman–Crippen MR) is 60.3 cm³/mol. The number of anilines is 1. The van der Waals surface area contributed by atoms with Gasteiger partial charge in [-0.2, -0.15) is 5.10 Å². The van der Waals surface area contributed by atoms with Gasteiger partial charge in [-0.1, -0.05) is 0 Å². The summed E-state index contributed by atoms with van der Waals surface area (Å²) in [6, 6.07) is 0. The Balaban J connectivity index is 2.94. The Morgan fingerprint density at radius 2 is 1.81 bits per heavy atom. The molecule has 0 unspecified atom stereocenters. The van der Waals surface area contributed by atoms with Gasteiger partial charge in [0.25, 0.3) is 0 Å². The monoisotopic (exact) mass is 267 g/mol. The number of H-pyrrole nitrogens is 1. The summed E-state index contributed by atoms with van der Waals surface area (Å²) in [6.45, 7) is 3.41. The number of hydrogen-bond acceptors (Lipinski definition) is 5. The van der Waals surface area contributed by atoms with E-state index < -0.39 is 24.9 Å². The predicted octanol–water partition coefficient (Wildman–Crippen LogP) is -0.230. The van der Waals surface area contributed by atoms with E-state index in [2.05, 4.69) is 14.9 Å². The second-order valence-electron chi connectivity index (χ2n) is 3.58. The van der Waals surface area contributed by atoms with Crippen LogP contribution < -0.4 is 4.72 Å². The van der Waals surface area contributed by atoms with Crippen LogP contribution in [0.1, 0.15) is 11.3 Å². The highest BCUT2D eigenvalue weighted by molar-refractivity contribution is 8.08. The molecule has 7 nitrogen and oxygen atoms in total. The standard InChI is InChI=1S/C7H13N3O4S2/c1-5-6(2)8-9-7(5)10-16(13,14)4-15(3,11)12/h4H2,1-3H3,(H2,8,9,10). The Hall–Kier alpha value is -1.09. The molecular weight excluding hydrogens is 254 g/mol. The third kappa shape index (κ3) is 3.49. The summed E-state index contributed by atoms with van der Waals surface area (Å²) in [5, 5.41) is 5.36. The van der Waals surface area contributed by atoms with Crippen LogP contribution in [0.2, 0.25) is 0 Å².